The number of ether oxygens (including phenoxy) is 1. The zero-order valence-electron chi connectivity index (χ0n) is 13.2. The third kappa shape index (κ3) is 4.69. The first-order valence-corrected chi connectivity index (χ1v) is 8.94. The van der Waals surface area contributed by atoms with Crippen LogP contribution >= 0.6 is 0 Å². The average molecular weight is 352 g/mol. The van der Waals surface area contributed by atoms with E-state index in [1.54, 1.807) is 6.92 Å². The fourth-order valence-corrected chi connectivity index (χ4v) is 3.90. The van der Waals surface area contributed by atoms with Crippen LogP contribution in [0.15, 0.2) is 11.1 Å². The molecule has 1 aromatic heterocycles. The average Bonchev–Trinajstić information content (AvgIpc) is 2.88. The molecule has 10 heteroatoms. The molecule has 1 atom stereocenters. The first kappa shape index (κ1) is 18.2. The van der Waals surface area contributed by atoms with Crippen LogP contribution in [0.1, 0.15) is 25.6 Å². The van der Waals surface area contributed by atoms with Crippen molar-refractivity contribution in [3.63, 3.8) is 0 Å². The molecule has 2 heterocycles. The number of aromatic nitrogens is 2. The van der Waals surface area contributed by atoms with E-state index in [0.717, 1.165) is 25.8 Å². The Bertz CT molecular complexity index is 615. The molecule has 0 bridgehead atoms. The maximum atomic E-state index is 12.7. The summed E-state index contributed by atoms with van der Waals surface area (Å²) in [5.74, 6) is 0. The van der Waals surface area contributed by atoms with Crippen LogP contribution in [0, 0.1) is 6.92 Å². The lowest BCUT2D eigenvalue weighted by Crippen LogP contribution is -2.40. The normalized spacial score (nSPS) is 18.5. The predicted molar refractivity (Wildman–Crippen MR) is 79.9 cm³/mol. The van der Waals surface area contributed by atoms with Crippen LogP contribution in [0.5, 0.6) is 0 Å². The molecule has 2 rings (SSSR count). The number of alkyl halides is 2. The van der Waals surface area contributed by atoms with Crippen LogP contribution < -0.4 is 4.72 Å². The fourth-order valence-electron chi connectivity index (χ4n) is 2.46. The number of morpholine rings is 1. The second kappa shape index (κ2) is 7.65. The lowest BCUT2D eigenvalue weighted by Gasteiger charge is -2.27. The summed E-state index contributed by atoms with van der Waals surface area (Å²) in [6.45, 7) is 3.99. The molecule has 0 amide bonds. The van der Waals surface area contributed by atoms with E-state index in [1.807, 2.05) is 0 Å². The van der Waals surface area contributed by atoms with Crippen LogP contribution in [-0.4, -0.2) is 62.0 Å². The second-order valence-electron chi connectivity index (χ2n) is 5.58. The molecule has 1 aromatic rings. The Morgan fingerprint density at radius 1 is 1.39 bits per heavy atom. The highest BCUT2D eigenvalue weighted by atomic mass is 32.2. The quantitative estimate of drug-likeness (QED) is 0.791. The van der Waals surface area contributed by atoms with Crippen molar-refractivity contribution < 1.29 is 21.9 Å². The van der Waals surface area contributed by atoms with Crippen molar-refractivity contribution in [2.75, 3.05) is 32.8 Å². The molecule has 132 valence electrons. The van der Waals surface area contributed by atoms with Crippen molar-refractivity contribution in [2.45, 2.75) is 37.8 Å². The predicted octanol–water partition coefficient (Wildman–Crippen LogP) is 0.976. The summed E-state index contributed by atoms with van der Waals surface area (Å²) in [7, 11) is -3.87. The summed E-state index contributed by atoms with van der Waals surface area (Å²) in [5, 5.41) is 3.43. The minimum Gasteiger partial charge on any atom is -0.379 e. The molecule has 0 aromatic carbocycles. The fraction of sp³-hybridized carbons (Fsp3) is 0.769. The van der Waals surface area contributed by atoms with E-state index in [9.17, 15) is 17.2 Å². The first-order valence-electron chi connectivity index (χ1n) is 7.46. The van der Waals surface area contributed by atoms with Crippen molar-refractivity contribution >= 4 is 10.0 Å². The molecule has 0 radical (unpaired) electrons. The van der Waals surface area contributed by atoms with Gasteiger partial charge in [0.05, 0.1) is 25.1 Å². The Balaban J connectivity index is 1.94. The highest BCUT2D eigenvalue weighted by Gasteiger charge is 2.25. The van der Waals surface area contributed by atoms with Gasteiger partial charge in [-0.2, -0.15) is 13.9 Å². The molecule has 1 saturated heterocycles. The van der Waals surface area contributed by atoms with Crippen LogP contribution in [0.25, 0.3) is 0 Å². The maximum absolute atomic E-state index is 12.7. The molecule has 1 N–H and O–H groups in total. The third-order valence-corrected chi connectivity index (χ3v) is 5.50. The largest absolute Gasteiger partial charge is 0.379 e. The minimum absolute atomic E-state index is 0.0760. The van der Waals surface area contributed by atoms with Crippen molar-refractivity contribution in [3.8, 4) is 0 Å². The number of sulfonamides is 1. The Kier molecular flexibility index (Phi) is 6.06. The number of hydrogen-bond acceptors (Lipinski definition) is 5. The third-order valence-electron chi connectivity index (χ3n) is 3.81. The standard InChI is InChI=1S/C13H22F2N4O3S/c1-10(3-4-18-5-7-22-8-6-18)17-23(20,21)12-9-16-19(11(12)2)13(14)15/h9-10,13,17H,3-8H2,1-2H3/t10-/m0/s1. The molecule has 23 heavy (non-hydrogen) atoms. The van der Waals surface area contributed by atoms with Gasteiger partial charge in [-0.1, -0.05) is 0 Å². The highest BCUT2D eigenvalue weighted by Crippen LogP contribution is 2.20. The van der Waals surface area contributed by atoms with Crippen LogP contribution in [-0.2, 0) is 14.8 Å². The van der Waals surface area contributed by atoms with Gasteiger partial charge in [0.15, 0.2) is 0 Å². The van der Waals surface area contributed by atoms with Gasteiger partial charge in [0, 0.05) is 19.1 Å². The van der Waals surface area contributed by atoms with Gasteiger partial charge in [-0.15, -0.1) is 0 Å². The molecular formula is C13H22F2N4O3S. The van der Waals surface area contributed by atoms with Gasteiger partial charge in [0.2, 0.25) is 10.0 Å². The summed E-state index contributed by atoms with van der Waals surface area (Å²) in [5.41, 5.74) is -0.0760. The van der Waals surface area contributed by atoms with Gasteiger partial charge in [-0.3, -0.25) is 4.90 Å². The van der Waals surface area contributed by atoms with E-state index >= 15 is 0 Å². The van der Waals surface area contributed by atoms with Gasteiger partial charge >= 0.3 is 6.55 Å². The molecule has 0 spiro atoms. The Hall–Kier alpha value is -1.10. The lowest BCUT2D eigenvalue weighted by atomic mass is 10.2. The highest BCUT2D eigenvalue weighted by molar-refractivity contribution is 7.89. The molecular weight excluding hydrogens is 330 g/mol. The minimum atomic E-state index is -3.87. The SMILES string of the molecule is Cc1c(S(=O)(=O)N[C@@H](C)CCN2CCOCC2)cnn1C(F)F. The van der Waals surface area contributed by atoms with Crippen molar-refractivity contribution in [1.29, 1.82) is 0 Å². The Labute approximate surface area is 134 Å². The van der Waals surface area contributed by atoms with E-state index < -0.39 is 16.6 Å². The molecule has 1 fully saturated rings. The Morgan fingerprint density at radius 2 is 2.04 bits per heavy atom. The van der Waals surface area contributed by atoms with Crippen LogP contribution in [0.4, 0.5) is 8.78 Å². The molecule has 1 aliphatic heterocycles. The van der Waals surface area contributed by atoms with Gasteiger partial charge in [0.25, 0.3) is 0 Å². The van der Waals surface area contributed by atoms with Crippen LogP contribution in [0.3, 0.4) is 0 Å². The Morgan fingerprint density at radius 3 is 2.61 bits per heavy atom. The summed E-state index contributed by atoms with van der Waals surface area (Å²) in [6.07, 6.45) is 1.58. The first-order chi connectivity index (χ1) is 10.8. The van der Waals surface area contributed by atoms with E-state index in [4.69, 9.17) is 4.74 Å². The van der Waals surface area contributed by atoms with E-state index in [1.165, 1.54) is 6.92 Å². The van der Waals surface area contributed by atoms with Gasteiger partial charge in [0.1, 0.15) is 4.90 Å². The van der Waals surface area contributed by atoms with Crippen molar-refractivity contribution in [2.24, 2.45) is 0 Å². The number of rotatable bonds is 7. The maximum Gasteiger partial charge on any atom is 0.333 e. The molecule has 0 aliphatic carbocycles. The summed E-state index contributed by atoms with van der Waals surface area (Å²) >= 11 is 0. The molecule has 0 saturated carbocycles. The van der Waals surface area contributed by atoms with Crippen molar-refractivity contribution in [3.05, 3.63) is 11.9 Å². The lowest BCUT2D eigenvalue weighted by molar-refractivity contribution is 0.0366. The van der Waals surface area contributed by atoms with Crippen LogP contribution in [0.2, 0.25) is 0 Å². The number of halogens is 2. The smallest absolute Gasteiger partial charge is 0.333 e. The summed E-state index contributed by atoms with van der Waals surface area (Å²) in [4.78, 5) is 1.99. The zero-order valence-corrected chi connectivity index (χ0v) is 14.0. The molecule has 1 aliphatic rings. The monoisotopic (exact) mass is 352 g/mol. The summed E-state index contributed by atoms with van der Waals surface area (Å²) in [6, 6.07) is -0.308. The van der Waals surface area contributed by atoms with Gasteiger partial charge in [-0.25, -0.2) is 17.8 Å². The number of nitrogens with zero attached hydrogens (tertiary/aromatic N) is 3. The summed E-state index contributed by atoms with van der Waals surface area (Å²) < 4.78 is 58.2. The topological polar surface area (TPSA) is 76.5 Å². The van der Waals surface area contributed by atoms with Gasteiger partial charge < -0.3 is 4.74 Å². The number of hydrogen-bond donors (Lipinski definition) is 1. The zero-order chi connectivity index (χ0) is 17.0. The molecule has 0 unspecified atom stereocenters. The second-order valence-corrected chi connectivity index (χ2v) is 7.26. The van der Waals surface area contributed by atoms with E-state index in [0.29, 0.717) is 24.3 Å². The van der Waals surface area contributed by atoms with Gasteiger partial charge in [-0.05, 0) is 26.8 Å². The van der Waals surface area contributed by atoms with E-state index in [-0.39, 0.29) is 16.6 Å². The van der Waals surface area contributed by atoms with Crippen molar-refractivity contribution in [1.82, 2.24) is 19.4 Å². The molecule has 7 nitrogen and oxygen atoms in total. The number of nitrogens with one attached hydrogen (secondary N) is 1. The van der Waals surface area contributed by atoms with E-state index in [2.05, 4.69) is 14.7 Å².